The van der Waals surface area contributed by atoms with Gasteiger partial charge in [0.15, 0.2) is 0 Å². The van der Waals surface area contributed by atoms with E-state index in [4.69, 9.17) is 4.74 Å². The van der Waals surface area contributed by atoms with Gasteiger partial charge < -0.3 is 9.84 Å². The highest BCUT2D eigenvalue weighted by Gasteiger charge is 2.62. The Morgan fingerprint density at radius 1 is 1.42 bits per heavy atom. The first-order valence-electron chi connectivity index (χ1n) is 7.26. The topological polar surface area (TPSA) is 46.5 Å². The molecule has 0 heterocycles. The van der Waals surface area contributed by atoms with Crippen LogP contribution in [0.15, 0.2) is 11.6 Å². The van der Waals surface area contributed by atoms with Crippen molar-refractivity contribution in [3.05, 3.63) is 11.6 Å². The number of ether oxygens (including phenoxy) is 1. The molecule has 4 atom stereocenters. The van der Waals surface area contributed by atoms with Crippen molar-refractivity contribution < 1.29 is 14.6 Å². The molecule has 3 heteroatoms. The van der Waals surface area contributed by atoms with Crippen molar-refractivity contribution in [2.45, 2.75) is 66.1 Å². The molecule has 0 aliphatic heterocycles. The lowest BCUT2D eigenvalue weighted by Gasteiger charge is -2.38. The molecular weight excluding hydrogens is 240 g/mol. The van der Waals surface area contributed by atoms with Gasteiger partial charge in [0.1, 0.15) is 6.10 Å². The Morgan fingerprint density at radius 2 is 2.05 bits per heavy atom. The molecule has 3 nitrogen and oxygen atoms in total. The minimum Gasteiger partial charge on any atom is -0.458 e. The van der Waals surface area contributed by atoms with Gasteiger partial charge in [0.25, 0.3) is 0 Å². The summed E-state index contributed by atoms with van der Waals surface area (Å²) in [6, 6.07) is 0. The van der Waals surface area contributed by atoms with Gasteiger partial charge in [-0.1, -0.05) is 20.8 Å². The minimum absolute atomic E-state index is 0.0195. The van der Waals surface area contributed by atoms with Crippen molar-refractivity contribution in [1.82, 2.24) is 0 Å². The minimum atomic E-state index is -0.611. The van der Waals surface area contributed by atoms with Crippen LogP contribution in [0.25, 0.3) is 0 Å². The summed E-state index contributed by atoms with van der Waals surface area (Å²) in [7, 11) is 0. The van der Waals surface area contributed by atoms with Crippen LogP contribution < -0.4 is 0 Å². The van der Waals surface area contributed by atoms with E-state index in [2.05, 4.69) is 20.8 Å². The molecule has 1 N–H and O–H groups in total. The second-order valence-corrected chi connectivity index (χ2v) is 7.09. The molecule has 2 rings (SSSR count). The standard InChI is InChI=1S/C16H26O3/c1-10(8-11(2)17)14(18)19-13-9-12-6-7-16(13,5)15(12,3)4/h8,11-13,17H,6-7,9H2,1-5H3/t11?,12-,13?,16-/m1/s1. The summed E-state index contributed by atoms with van der Waals surface area (Å²) < 4.78 is 5.73. The van der Waals surface area contributed by atoms with Crippen LogP contribution in [0.2, 0.25) is 0 Å². The van der Waals surface area contributed by atoms with E-state index >= 15 is 0 Å². The van der Waals surface area contributed by atoms with Crippen molar-refractivity contribution in [2.24, 2.45) is 16.7 Å². The van der Waals surface area contributed by atoms with Crippen LogP contribution in [0.3, 0.4) is 0 Å². The molecule has 2 bridgehead atoms. The average Bonchev–Trinajstić information content (AvgIpc) is 2.61. The third kappa shape index (κ3) is 2.22. The Labute approximate surface area is 116 Å². The summed E-state index contributed by atoms with van der Waals surface area (Å²) in [4.78, 5) is 12.1. The average molecular weight is 266 g/mol. The van der Waals surface area contributed by atoms with Gasteiger partial charge in [0.05, 0.1) is 6.10 Å². The van der Waals surface area contributed by atoms with E-state index in [0.717, 1.165) is 12.8 Å². The van der Waals surface area contributed by atoms with Gasteiger partial charge in [-0.15, -0.1) is 0 Å². The first kappa shape index (κ1) is 14.6. The first-order valence-corrected chi connectivity index (χ1v) is 7.26. The molecule has 108 valence electrons. The maximum absolute atomic E-state index is 12.1. The van der Waals surface area contributed by atoms with Crippen LogP contribution in [0.1, 0.15) is 53.9 Å². The van der Waals surface area contributed by atoms with E-state index in [1.807, 2.05) is 0 Å². The van der Waals surface area contributed by atoms with Crippen LogP contribution in [0, 0.1) is 16.7 Å². The van der Waals surface area contributed by atoms with Crippen molar-refractivity contribution in [3.8, 4) is 0 Å². The fourth-order valence-corrected chi connectivity index (χ4v) is 3.96. The maximum atomic E-state index is 12.1. The highest BCUT2D eigenvalue weighted by atomic mass is 16.5. The van der Waals surface area contributed by atoms with E-state index in [1.165, 1.54) is 6.42 Å². The second-order valence-electron chi connectivity index (χ2n) is 7.09. The Morgan fingerprint density at radius 3 is 2.47 bits per heavy atom. The lowest BCUT2D eigenvalue weighted by molar-refractivity contribution is -0.152. The highest BCUT2D eigenvalue weighted by Crippen LogP contribution is 2.66. The molecule has 0 saturated heterocycles. The largest absolute Gasteiger partial charge is 0.458 e. The second kappa shape index (κ2) is 4.62. The number of aliphatic hydroxyl groups is 1. The van der Waals surface area contributed by atoms with Crippen LogP contribution in [0.4, 0.5) is 0 Å². The molecular formula is C16H26O3. The number of hydrogen-bond donors (Lipinski definition) is 1. The zero-order valence-corrected chi connectivity index (χ0v) is 12.7. The molecule has 0 spiro atoms. The SMILES string of the molecule is CC(=CC(C)O)C(=O)OC1C[C@H]2CC[C@@]1(C)C2(C)C. The zero-order chi connectivity index (χ0) is 14.4. The third-order valence-electron chi connectivity index (χ3n) is 5.78. The maximum Gasteiger partial charge on any atom is 0.333 e. The van der Waals surface area contributed by atoms with E-state index in [9.17, 15) is 9.90 Å². The summed E-state index contributed by atoms with van der Waals surface area (Å²) in [6.07, 6.45) is 4.33. The van der Waals surface area contributed by atoms with Crippen LogP contribution in [0.5, 0.6) is 0 Å². The van der Waals surface area contributed by atoms with Gasteiger partial charge in [-0.05, 0) is 50.5 Å². The Bertz CT molecular complexity index is 408. The third-order valence-corrected chi connectivity index (χ3v) is 5.78. The Hall–Kier alpha value is -0.830. The van der Waals surface area contributed by atoms with Gasteiger partial charge in [-0.3, -0.25) is 0 Å². The predicted octanol–water partition coefficient (Wildman–Crippen LogP) is 3.07. The van der Waals surface area contributed by atoms with E-state index in [0.29, 0.717) is 11.5 Å². The Kier molecular flexibility index (Phi) is 3.54. The molecule has 0 radical (unpaired) electrons. The smallest absolute Gasteiger partial charge is 0.333 e. The van der Waals surface area contributed by atoms with Gasteiger partial charge in [0, 0.05) is 11.0 Å². The number of aliphatic hydroxyl groups excluding tert-OH is 1. The number of fused-ring (bicyclic) bond motifs is 2. The summed E-state index contributed by atoms with van der Waals surface area (Å²) >= 11 is 0. The van der Waals surface area contributed by atoms with Crippen LogP contribution in [-0.4, -0.2) is 23.3 Å². The number of esters is 1. The molecule has 0 aromatic rings. The van der Waals surface area contributed by atoms with Crippen molar-refractivity contribution >= 4 is 5.97 Å². The van der Waals surface area contributed by atoms with Crippen molar-refractivity contribution in [3.63, 3.8) is 0 Å². The molecule has 2 aliphatic rings. The fourth-order valence-electron chi connectivity index (χ4n) is 3.96. The number of carbonyl (C=O) groups excluding carboxylic acids is 1. The first-order chi connectivity index (χ1) is 8.68. The molecule has 2 aliphatic carbocycles. The van der Waals surface area contributed by atoms with Gasteiger partial charge in [-0.2, -0.15) is 0 Å². The van der Waals surface area contributed by atoms with Crippen LogP contribution in [-0.2, 0) is 9.53 Å². The lowest BCUT2D eigenvalue weighted by atomic mass is 9.70. The van der Waals surface area contributed by atoms with Crippen molar-refractivity contribution in [1.29, 1.82) is 0 Å². The summed E-state index contributed by atoms with van der Waals surface area (Å²) in [5.41, 5.74) is 0.845. The molecule has 0 aromatic heterocycles. The number of carbonyl (C=O) groups is 1. The highest BCUT2D eigenvalue weighted by molar-refractivity contribution is 5.88. The summed E-state index contributed by atoms with van der Waals surface area (Å²) in [5.74, 6) is 0.381. The normalized spacial score (nSPS) is 38.3. The number of hydrogen-bond acceptors (Lipinski definition) is 3. The summed E-state index contributed by atoms with van der Waals surface area (Å²) in [6.45, 7) is 10.2. The Balaban J connectivity index is 2.08. The molecule has 2 fully saturated rings. The number of rotatable bonds is 3. The van der Waals surface area contributed by atoms with E-state index < -0.39 is 6.10 Å². The lowest BCUT2D eigenvalue weighted by Crippen LogP contribution is -2.38. The van der Waals surface area contributed by atoms with Gasteiger partial charge in [-0.25, -0.2) is 4.79 Å². The quantitative estimate of drug-likeness (QED) is 0.631. The van der Waals surface area contributed by atoms with Crippen molar-refractivity contribution in [2.75, 3.05) is 0 Å². The molecule has 2 saturated carbocycles. The monoisotopic (exact) mass is 266 g/mol. The van der Waals surface area contributed by atoms with Crippen LogP contribution >= 0.6 is 0 Å². The molecule has 19 heavy (non-hydrogen) atoms. The zero-order valence-electron chi connectivity index (χ0n) is 12.7. The van der Waals surface area contributed by atoms with Gasteiger partial charge >= 0.3 is 5.97 Å². The predicted molar refractivity (Wildman–Crippen MR) is 74.5 cm³/mol. The van der Waals surface area contributed by atoms with E-state index in [-0.39, 0.29) is 22.9 Å². The molecule has 0 amide bonds. The van der Waals surface area contributed by atoms with E-state index in [1.54, 1.807) is 19.9 Å². The molecule has 2 unspecified atom stereocenters. The fraction of sp³-hybridized carbons (Fsp3) is 0.812. The molecule has 0 aromatic carbocycles. The van der Waals surface area contributed by atoms with Gasteiger partial charge in [0.2, 0.25) is 0 Å². The summed E-state index contributed by atoms with van der Waals surface area (Å²) in [5, 5.41) is 9.29.